The first-order valence-electron chi connectivity index (χ1n) is 10.3. The third-order valence-electron chi connectivity index (χ3n) is 5.16. The first-order chi connectivity index (χ1) is 15.8. The number of ether oxygens (including phenoxy) is 3. The monoisotopic (exact) mass is 469 g/mol. The van der Waals surface area contributed by atoms with Crippen molar-refractivity contribution in [2.45, 2.75) is 33.4 Å². The van der Waals surface area contributed by atoms with Crippen LogP contribution in [-0.2, 0) is 16.1 Å². The SMILES string of the molecule is CC(=O)Nc1nc(C(=O)OCC(=O)c2cc(C)n(CC3COc4ccccc4O3)c2C)cs1. The Labute approximate surface area is 194 Å². The number of esters is 1. The Kier molecular flexibility index (Phi) is 6.45. The molecule has 1 N–H and O–H groups in total. The van der Waals surface area contributed by atoms with Crippen LogP contribution in [-0.4, -0.2) is 46.5 Å². The molecular formula is C23H23N3O6S. The molecule has 1 aliphatic rings. The van der Waals surface area contributed by atoms with E-state index in [0.717, 1.165) is 28.5 Å². The Morgan fingerprint density at radius 3 is 2.76 bits per heavy atom. The average molecular weight is 470 g/mol. The predicted octanol–water partition coefficient (Wildman–Crippen LogP) is 3.40. The van der Waals surface area contributed by atoms with Crippen molar-refractivity contribution >= 4 is 34.1 Å². The van der Waals surface area contributed by atoms with Crippen LogP contribution in [0.4, 0.5) is 5.13 Å². The fourth-order valence-corrected chi connectivity index (χ4v) is 4.31. The van der Waals surface area contributed by atoms with E-state index < -0.39 is 12.6 Å². The third-order valence-corrected chi connectivity index (χ3v) is 5.92. The molecule has 1 unspecified atom stereocenters. The van der Waals surface area contributed by atoms with Gasteiger partial charge in [-0.3, -0.25) is 9.59 Å². The normalized spacial score (nSPS) is 14.6. The van der Waals surface area contributed by atoms with Gasteiger partial charge < -0.3 is 24.1 Å². The number of hydrogen-bond donors (Lipinski definition) is 1. The summed E-state index contributed by atoms with van der Waals surface area (Å²) in [6.07, 6.45) is -0.201. The van der Waals surface area contributed by atoms with Gasteiger partial charge in [0, 0.05) is 29.3 Å². The van der Waals surface area contributed by atoms with Gasteiger partial charge in [-0.2, -0.15) is 0 Å². The number of aryl methyl sites for hydroxylation is 1. The molecule has 9 nitrogen and oxygen atoms in total. The van der Waals surface area contributed by atoms with E-state index >= 15 is 0 Å². The van der Waals surface area contributed by atoms with Gasteiger partial charge in [0.2, 0.25) is 11.7 Å². The molecule has 4 rings (SSSR count). The first kappa shape index (κ1) is 22.5. The molecule has 10 heteroatoms. The van der Waals surface area contributed by atoms with Gasteiger partial charge in [-0.05, 0) is 32.0 Å². The molecule has 0 aliphatic carbocycles. The van der Waals surface area contributed by atoms with Crippen molar-refractivity contribution < 1.29 is 28.6 Å². The van der Waals surface area contributed by atoms with Gasteiger partial charge in [0.15, 0.2) is 35.0 Å². The summed E-state index contributed by atoms with van der Waals surface area (Å²) in [6, 6.07) is 9.29. The van der Waals surface area contributed by atoms with E-state index in [1.54, 1.807) is 6.07 Å². The lowest BCUT2D eigenvalue weighted by molar-refractivity contribution is -0.114. The lowest BCUT2D eigenvalue weighted by atomic mass is 10.1. The van der Waals surface area contributed by atoms with E-state index in [4.69, 9.17) is 14.2 Å². The van der Waals surface area contributed by atoms with E-state index in [0.29, 0.717) is 29.6 Å². The molecule has 3 aromatic rings. The Balaban J connectivity index is 1.38. The maximum absolute atomic E-state index is 12.8. The number of para-hydroxylation sites is 2. The summed E-state index contributed by atoms with van der Waals surface area (Å²) in [6.45, 7) is 5.62. The highest BCUT2D eigenvalue weighted by atomic mass is 32.1. The van der Waals surface area contributed by atoms with Gasteiger partial charge in [-0.15, -0.1) is 11.3 Å². The number of benzene rings is 1. The number of carbonyl (C=O) groups excluding carboxylic acids is 3. The molecule has 0 saturated carbocycles. The molecular weight excluding hydrogens is 446 g/mol. The minimum absolute atomic E-state index is 0.0387. The van der Waals surface area contributed by atoms with Gasteiger partial charge in [-0.25, -0.2) is 9.78 Å². The van der Waals surface area contributed by atoms with Crippen molar-refractivity contribution in [2.24, 2.45) is 0 Å². The van der Waals surface area contributed by atoms with Crippen molar-refractivity contribution in [1.29, 1.82) is 0 Å². The molecule has 0 radical (unpaired) electrons. The van der Waals surface area contributed by atoms with Crippen molar-refractivity contribution in [3.05, 3.63) is 58.4 Å². The first-order valence-corrected chi connectivity index (χ1v) is 11.2. The van der Waals surface area contributed by atoms with Crippen LogP contribution in [0.15, 0.2) is 35.7 Å². The molecule has 1 amide bonds. The van der Waals surface area contributed by atoms with E-state index in [1.165, 1.54) is 12.3 Å². The van der Waals surface area contributed by atoms with Crippen LogP contribution in [0.5, 0.6) is 11.5 Å². The van der Waals surface area contributed by atoms with Crippen LogP contribution in [0.1, 0.15) is 39.2 Å². The van der Waals surface area contributed by atoms with Crippen LogP contribution in [0.25, 0.3) is 0 Å². The summed E-state index contributed by atoms with van der Waals surface area (Å²) in [5, 5.41) is 4.26. The molecule has 0 saturated heterocycles. The highest BCUT2D eigenvalue weighted by molar-refractivity contribution is 7.14. The van der Waals surface area contributed by atoms with Crippen LogP contribution >= 0.6 is 11.3 Å². The largest absolute Gasteiger partial charge is 0.486 e. The van der Waals surface area contributed by atoms with Gasteiger partial charge in [0.25, 0.3) is 0 Å². The Hall–Kier alpha value is -3.66. The molecule has 0 spiro atoms. The number of Topliss-reactive ketones (excluding diaryl/α,β-unsaturated/α-hetero) is 1. The second-order valence-electron chi connectivity index (χ2n) is 7.61. The van der Waals surface area contributed by atoms with E-state index in [9.17, 15) is 14.4 Å². The van der Waals surface area contributed by atoms with E-state index in [2.05, 4.69) is 10.3 Å². The fraction of sp³-hybridized carbons (Fsp3) is 0.304. The summed E-state index contributed by atoms with van der Waals surface area (Å²) in [5.74, 6) is 0.0895. The number of nitrogens with one attached hydrogen (secondary N) is 1. The van der Waals surface area contributed by atoms with Gasteiger partial charge >= 0.3 is 5.97 Å². The minimum Gasteiger partial charge on any atom is -0.486 e. The molecule has 1 aliphatic heterocycles. The van der Waals surface area contributed by atoms with Crippen molar-refractivity contribution in [1.82, 2.24) is 9.55 Å². The van der Waals surface area contributed by atoms with Crippen LogP contribution in [0.2, 0.25) is 0 Å². The number of rotatable bonds is 7. The van der Waals surface area contributed by atoms with Crippen molar-refractivity contribution in [2.75, 3.05) is 18.5 Å². The highest BCUT2D eigenvalue weighted by Gasteiger charge is 2.24. The smallest absolute Gasteiger partial charge is 0.358 e. The van der Waals surface area contributed by atoms with Crippen molar-refractivity contribution in [3.63, 3.8) is 0 Å². The number of fused-ring (bicyclic) bond motifs is 1. The lowest BCUT2D eigenvalue weighted by Crippen LogP contribution is -2.33. The lowest BCUT2D eigenvalue weighted by Gasteiger charge is -2.27. The third kappa shape index (κ3) is 5.06. The highest BCUT2D eigenvalue weighted by Crippen LogP contribution is 2.31. The Bertz CT molecular complexity index is 1210. The maximum atomic E-state index is 12.8. The number of thiazole rings is 1. The number of carbonyl (C=O) groups is 3. The standard InChI is InChI=1S/C23H23N3O6S/c1-13-8-17(19(28)11-31-22(29)18-12-33-23(25-18)24-15(3)27)14(2)26(13)9-16-10-30-20-6-4-5-7-21(20)32-16/h4-8,12,16H,9-11H2,1-3H3,(H,24,25,27). The van der Waals surface area contributed by atoms with E-state index in [1.807, 2.05) is 42.7 Å². The molecule has 1 atom stereocenters. The second kappa shape index (κ2) is 9.45. The number of amides is 1. The zero-order valence-electron chi connectivity index (χ0n) is 18.4. The molecule has 172 valence electrons. The Morgan fingerprint density at radius 2 is 2.00 bits per heavy atom. The maximum Gasteiger partial charge on any atom is 0.358 e. The van der Waals surface area contributed by atoms with Crippen LogP contribution in [0, 0.1) is 13.8 Å². The number of ketones is 1. The molecule has 0 fully saturated rings. The van der Waals surface area contributed by atoms with Gasteiger partial charge in [0.05, 0.1) is 6.54 Å². The zero-order chi connectivity index (χ0) is 23.5. The number of aromatic nitrogens is 2. The number of hydrogen-bond acceptors (Lipinski definition) is 8. The molecule has 3 heterocycles. The zero-order valence-corrected chi connectivity index (χ0v) is 19.2. The van der Waals surface area contributed by atoms with Crippen molar-refractivity contribution in [3.8, 4) is 11.5 Å². The molecule has 2 aromatic heterocycles. The molecule has 33 heavy (non-hydrogen) atoms. The summed E-state index contributed by atoms with van der Waals surface area (Å²) in [7, 11) is 0. The van der Waals surface area contributed by atoms with Gasteiger partial charge in [0.1, 0.15) is 6.61 Å². The summed E-state index contributed by atoms with van der Waals surface area (Å²) in [5.41, 5.74) is 2.17. The van der Waals surface area contributed by atoms with Gasteiger partial charge in [-0.1, -0.05) is 12.1 Å². The predicted molar refractivity (Wildman–Crippen MR) is 121 cm³/mol. The van der Waals surface area contributed by atoms with Crippen LogP contribution < -0.4 is 14.8 Å². The topological polar surface area (TPSA) is 109 Å². The summed E-state index contributed by atoms with van der Waals surface area (Å²) >= 11 is 1.10. The van der Waals surface area contributed by atoms with Crippen LogP contribution in [0.3, 0.4) is 0 Å². The molecule has 1 aromatic carbocycles. The minimum atomic E-state index is -0.726. The van der Waals surface area contributed by atoms with E-state index in [-0.39, 0.29) is 23.5 Å². The fourth-order valence-electron chi connectivity index (χ4n) is 3.58. The Morgan fingerprint density at radius 1 is 1.24 bits per heavy atom. The molecule has 0 bridgehead atoms. The summed E-state index contributed by atoms with van der Waals surface area (Å²) < 4.78 is 19.0. The average Bonchev–Trinajstić information content (AvgIpc) is 3.36. The summed E-state index contributed by atoms with van der Waals surface area (Å²) in [4.78, 5) is 40.0. The quantitative estimate of drug-likeness (QED) is 0.417. The number of anilines is 1. The number of nitrogens with zero attached hydrogens (tertiary/aromatic N) is 2. The second-order valence-corrected chi connectivity index (χ2v) is 8.47.